The topological polar surface area (TPSA) is 3.24 Å². The summed E-state index contributed by atoms with van der Waals surface area (Å²) in [6.07, 6.45) is 17.2. The minimum atomic E-state index is 1.15. The smallest absolute Gasteiger partial charge is 0.0233 e. The highest BCUT2D eigenvalue weighted by atomic mass is 15.1. The lowest BCUT2D eigenvalue weighted by Gasteiger charge is -2.20. The molecule has 1 aliphatic rings. The summed E-state index contributed by atoms with van der Waals surface area (Å²) in [5.74, 6) is 0. The average Bonchev–Trinajstić information content (AvgIpc) is 2.66. The molecule has 0 radical (unpaired) electrons. The molecule has 0 N–H and O–H groups in total. The molecule has 1 heteroatoms. The van der Waals surface area contributed by atoms with Crippen molar-refractivity contribution < 1.29 is 0 Å². The zero-order valence-electron chi connectivity index (χ0n) is 14.6. The minimum Gasteiger partial charge on any atom is -0.299 e. The first-order valence-electron chi connectivity index (χ1n) is 9.37. The Bertz CT molecular complexity index is 303. The first kappa shape index (κ1) is 18.5. The van der Waals surface area contributed by atoms with Gasteiger partial charge in [-0.25, -0.2) is 0 Å². The van der Waals surface area contributed by atoms with Gasteiger partial charge in [0.25, 0.3) is 0 Å². The van der Waals surface area contributed by atoms with E-state index in [-0.39, 0.29) is 0 Å². The maximum atomic E-state index is 4.31. The number of nitrogens with zero attached hydrogens (tertiary/aromatic N) is 1. The van der Waals surface area contributed by atoms with Gasteiger partial charge >= 0.3 is 0 Å². The fraction of sp³-hybridized carbons (Fsp3) is 0.800. The molecule has 0 saturated carbocycles. The lowest BCUT2D eigenvalue weighted by Crippen LogP contribution is -2.26. The van der Waals surface area contributed by atoms with E-state index in [1.165, 1.54) is 94.9 Å². The number of rotatable bonds is 10. The summed E-state index contributed by atoms with van der Waals surface area (Å²) in [5.41, 5.74) is 2.94. The van der Waals surface area contributed by atoms with Gasteiger partial charge in [0.05, 0.1) is 0 Å². The predicted octanol–water partition coefficient (Wildman–Crippen LogP) is 6.12. The predicted molar refractivity (Wildman–Crippen MR) is 95.8 cm³/mol. The SMILES string of the molecule is C=C1CCCN(CCCC)C/C1=C/CCCCCCCC. The van der Waals surface area contributed by atoms with Gasteiger partial charge in [0.1, 0.15) is 0 Å². The first-order chi connectivity index (χ1) is 10.3. The Kier molecular flexibility index (Phi) is 10.6. The molecule has 21 heavy (non-hydrogen) atoms. The molecule has 1 heterocycles. The van der Waals surface area contributed by atoms with E-state index in [0.29, 0.717) is 0 Å². The second kappa shape index (κ2) is 12.0. The van der Waals surface area contributed by atoms with Crippen molar-refractivity contribution in [1.29, 1.82) is 0 Å². The van der Waals surface area contributed by atoms with E-state index >= 15 is 0 Å². The van der Waals surface area contributed by atoms with Crippen LogP contribution in [0.15, 0.2) is 23.8 Å². The third-order valence-electron chi connectivity index (χ3n) is 4.58. The number of likely N-dealkylation sites (tertiary alicyclic amines) is 1. The van der Waals surface area contributed by atoms with Gasteiger partial charge in [-0.05, 0) is 50.8 Å². The lowest BCUT2D eigenvalue weighted by molar-refractivity contribution is 0.297. The van der Waals surface area contributed by atoms with Crippen LogP contribution in [0.5, 0.6) is 0 Å². The van der Waals surface area contributed by atoms with E-state index in [2.05, 4.69) is 31.4 Å². The molecule has 1 fully saturated rings. The summed E-state index contributed by atoms with van der Waals surface area (Å²) < 4.78 is 0. The quantitative estimate of drug-likeness (QED) is 0.438. The number of hydrogen-bond acceptors (Lipinski definition) is 1. The summed E-state index contributed by atoms with van der Waals surface area (Å²) in [6, 6.07) is 0. The van der Waals surface area contributed by atoms with Gasteiger partial charge in [-0.2, -0.15) is 0 Å². The van der Waals surface area contributed by atoms with Gasteiger partial charge in [-0.1, -0.05) is 70.6 Å². The van der Waals surface area contributed by atoms with Crippen LogP contribution in [0.2, 0.25) is 0 Å². The van der Waals surface area contributed by atoms with Gasteiger partial charge < -0.3 is 0 Å². The second-order valence-electron chi connectivity index (χ2n) is 6.62. The molecule has 0 atom stereocenters. The van der Waals surface area contributed by atoms with E-state index < -0.39 is 0 Å². The van der Waals surface area contributed by atoms with Crippen molar-refractivity contribution in [3.63, 3.8) is 0 Å². The van der Waals surface area contributed by atoms with Crippen molar-refractivity contribution in [1.82, 2.24) is 4.90 Å². The average molecular weight is 292 g/mol. The summed E-state index contributed by atoms with van der Waals surface area (Å²) in [7, 11) is 0. The molecular formula is C20H37N. The molecule has 0 amide bonds. The van der Waals surface area contributed by atoms with Crippen LogP contribution in [0.1, 0.15) is 84.5 Å². The van der Waals surface area contributed by atoms with Crippen LogP contribution in [0.25, 0.3) is 0 Å². The van der Waals surface area contributed by atoms with Gasteiger partial charge in [-0.3, -0.25) is 4.90 Å². The van der Waals surface area contributed by atoms with Crippen molar-refractivity contribution in [2.24, 2.45) is 0 Å². The highest BCUT2D eigenvalue weighted by Gasteiger charge is 2.14. The Hall–Kier alpha value is -0.560. The maximum absolute atomic E-state index is 4.31. The summed E-state index contributed by atoms with van der Waals surface area (Å²) in [4.78, 5) is 2.63. The van der Waals surface area contributed by atoms with E-state index in [1.807, 2.05) is 0 Å². The normalized spacial score (nSPS) is 19.1. The molecular weight excluding hydrogens is 254 g/mol. The molecule has 0 unspecified atom stereocenters. The van der Waals surface area contributed by atoms with Crippen LogP contribution in [-0.2, 0) is 0 Å². The Labute approximate surface area is 133 Å². The van der Waals surface area contributed by atoms with E-state index in [1.54, 1.807) is 0 Å². The molecule has 1 nitrogen and oxygen atoms in total. The molecule has 1 saturated heterocycles. The number of allylic oxidation sites excluding steroid dienone is 1. The second-order valence-corrected chi connectivity index (χ2v) is 6.62. The third kappa shape index (κ3) is 8.46. The molecule has 1 rings (SSSR count). The van der Waals surface area contributed by atoms with Crippen molar-refractivity contribution in [2.45, 2.75) is 84.5 Å². The van der Waals surface area contributed by atoms with Crippen molar-refractivity contribution >= 4 is 0 Å². The maximum Gasteiger partial charge on any atom is 0.0233 e. The Balaban J connectivity index is 2.30. The van der Waals surface area contributed by atoms with Crippen molar-refractivity contribution in [3.05, 3.63) is 23.8 Å². The van der Waals surface area contributed by atoms with Crippen molar-refractivity contribution in [2.75, 3.05) is 19.6 Å². The first-order valence-corrected chi connectivity index (χ1v) is 9.37. The lowest BCUT2D eigenvalue weighted by atomic mass is 10.0. The van der Waals surface area contributed by atoms with Gasteiger partial charge in [-0.15, -0.1) is 0 Å². The summed E-state index contributed by atoms with van der Waals surface area (Å²) >= 11 is 0. The Morgan fingerprint density at radius 1 is 1.00 bits per heavy atom. The highest BCUT2D eigenvalue weighted by molar-refractivity contribution is 5.30. The standard InChI is InChI=1S/C20H37N/c1-4-6-8-9-10-11-12-15-20-18-21(16-7-5-2)17-13-14-19(20)3/h15H,3-14,16-18H2,1-2H3/b20-15-. The highest BCUT2D eigenvalue weighted by Crippen LogP contribution is 2.22. The van der Waals surface area contributed by atoms with E-state index in [9.17, 15) is 0 Å². The Morgan fingerprint density at radius 3 is 2.48 bits per heavy atom. The van der Waals surface area contributed by atoms with Crippen LogP contribution in [-0.4, -0.2) is 24.5 Å². The zero-order chi connectivity index (χ0) is 15.3. The molecule has 122 valence electrons. The van der Waals surface area contributed by atoms with Crippen LogP contribution >= 0.6 is 0 Å². The van der Waals surface area contributed by atoms with Crippen LogP contribution in [0, 0.1) is 0 Å². The molecule has 0 spiro atoms. The molecule has 0 aromatic rings. The molecule has 0 aliphatic carbocycles. The number of hydrogen-bond donors (Lipinski definition) is 0. The fourth-order valence-corrected chi connectivity index (χ4v) is 3.09. The molecule has 0 bridgehead atoms. The molecule has 0 aromatic heterocycles. The molecule has 1 aliphatic heterocycles. The van der Waals surface area contributed by atoms with Crippen LogP contribution in [0.4, 0.5) is 0 Å². The van der Waals surface area contributed by atoms with E-state index in [4.69, 9.17) is 0 Å². The molecule has 0 aromatic carbocycles. The monoisotopic (exact) mass is 291 g/mol. The van der Waals surface area contributed by atoms with Crippen molar-refractivity contribution in [3.8, 4) is 0 Å². The fourth-order valence-electron chi connectivity index (χ4n) is 3.09. The largest absolute Gasteiger partial charge is 0.299 e. The zero-order valence-corrected chi connectivity index (χ0v) is 14.6. The Morgan fingerprint density at radius 2 is 1.71 bits per heavy atom. The number of unbranched alkanes of at least 4 members (excludes halogenated alkanes) is 7. The van der Waals surface area contributed by atoms with Crippen LogP contribution in [0.3, 0.4) is 0 Å². The van der Waals surface area contributed by atoms with Gasteiger partial charge in [0.15, 0.2) is 0 Å². The van der Waals surface area contributed by atoms with Crippen LogP contribution < -0.4 is 0 Å². The van der Waals surface area contributed by atoms with E-state index in [0.717, 1.165) is 6.54 Å². The third-order valence-corrected chi connectivity index (χ3v) is 4.58. The summed E-state index contributed by atoms with van der Waals surface area (Å²) in [6.45, 7) is 12.5. The minimum absolute atomic E-state index is 1.15. The van der Waals surface area contributed by atoms with Gasteiger partial charge in [0.2, 0.25) is 0 Å². The summed E-state index contributed by atoms with van der Waals surface area (Å²) in [5, 5.41) is 0. The van der Waals surface area contributed by atoms with Gasteiger partial charge in [0, 0.05) is 6.54 Å².